The third kappa shape index (κ3) is 3.06. The molecule has 0 amide bonds. The van der Waals surface area contributed by atoms with Crippen LogP contribution < -0.4 is 4.74 Å². The van der Waals surface area contributed by atoms with Gasteiger partial charge >= 0.3 is 0 Å². The van der Waals surface area contributed by atoms with Crippen LogP contribution in [0, 0.1) is 29.1 Å². The van der Waals surface area contributed by atoms with E-state index in [2.05, 4.69) is 19.9 Å². The van der Waals surface area contributed by atoms with Gasteiger partial charge in [0.05, 0.1) is 24.7 Å². The van der Waals surface area contributed by atoms with Crippen LogP contribution in [0.4, 0.5) is 0 Å². The molecule has 1 aliphatic rings. The molecule has 0 aliphatic heterocycles. The molecule has 1 unspecified atom stereocenters. The molecule has 1 aromatic rings. The molecule has 0 spiro atoms. The molecule has 2 rings (SSSR count). The van der Waals surface area contributed by atoms with Crippen LogP contribution in [0.15, 0.2) is 18.2 Å². The summed E-state index contributed by atoms with van der Waals surface area (Å²) in [6.45, 7) is 6.43. The number of aliphatic hydroxyl groups excluding tert-OH is 1. The van der Waals surface area contributed by atoms with Crippen molar-refractivity contribution < 1.29 is 9.84 Å². The van der Waals surface area contributed by atoms with Gasteiger partial charge in [0.1, 0.15) is 5.75 Å². The molecule has 1 saturated carbocycles. The number of nitrogens with zero attached hydrogens (tertiary/aromatic N) is 1. The van der Waals surface area contributed by atoms with Gasteiger partial charge in [-0.2, -0.15) is 5.26 Å². The number of rotatable bonds is 3. The van der Waals surface area contributed by atoms with E-state index in [1.807, 2.05) is 25.1 Å². The van der Waals surface area contributed by atoms with Crippen LogP contribution in [0.25, 0.3) is 0 Å². The lowest BCUT2D eigenvalue weighted by Crippen LogP contribution is -2.35. The summed E-state index contributed by atoms with van der Waals surface area (Å²) in [5.41, 5.74) is 1.42. The maximum absolute atomic E-state index is 10.8. The monoisotopic (exact) mass is 287 g/mol. The van der Waals surface area contributed by atoms with Crippen LogP contribution in [0.1, 0.15) is 56.8 Å². The lowest BCUT2D eigenvalue weighted by Gasteiger charge is -2.42. The quantitative estimate of drug-likeness (QED) is 0.908. The van der Waals surface area contributed by atoms with Crippen LogP contribution in [0.2, 0.25) is 0 Å². The lowest BCUT2D eigenvalue weighted by atomic mass is 9.62. The van der Waals surface area contributed by atoms with Gasteiger partial charge in [-0.05, 0) is 61.3 Å². The average Bonchev–Trinajstić information content (AvgIpc) is 2.47. The maximum atomic E-state index is 10.8. The second-order valence-electron chi connectivity index (χ2n) is 7.06. The lowest BCUT2D eigenvalue weighted by molar-refractivity contribution is 0.00950. The van der Waals surface area contributed by atoms with Crippen LogP contribution in [0.5, 0.6) is 5.75 Å². The summed E-state index contributed by atoms with van der Waals surface area (Å²) in [5, 5.41) is 20.5. The zero-order valence-electron chi connectivity index (χ0n) is 13.4. The molecule has 0 radical (unpaired) electrons. The Balaban J connectivity index is 2.27. The minimum atomic E-state index is -0.733. The van der Waals surface area contributed by atoms with Gasteiger partial charge in [-0.3, -0.25) is 0 Å². The van der Waals surface area contributed by atoms with E-state index in [4.69, 9.17) is 4.74 Å². The highest BCUT2D eigenvalue weighted by atomic mass is 16.5. The second-order valence-corrected chi connectivity index (χ2v) is 7.06. The summed E-state index contributed by atoms with van der Waals surface area (Å²) in [6.07, 6.45) is 2.73. The van der Waals surface area contributed by atoms with E-state index >= 15 is 0 Å². The van der Waals surface area contributed by atoms with Crippen molar-refractivity contribution in [3.05, 3.63) is 29.3 Å². The number of benzene rings is 1. The summed E-state index contributed by atoms with van der Waals surface area (Å²) < 4.78 is 5.26. The van der Waals surface area contributed by atoms with E-state index in [1.54, 1.807) is 7.11 Å². The normalized spacial score (nSPS) is 21.3. The highest BCUT2D eigenvalue weighted by Crippen LogP contribution is 2.51. The first-order valence-corrected chi connectivity index (χ1v) is 7.57. The number of ether oxygens (including phenoxy) is 1. The van der Waals surface area contributed by atoms with Gasteiger partial charge < -0.3 is 9.84 Å². The highest BCUT2D eigenvalue weighted by Gasteiger charge is 2.44. The Bertz CT molecular complexity index is 547. The van der Waals surface area contributed by atoms with Crippen LogP contribution >= 0.6 is 0 Å². The predicted octanol–water partition coefficient (Wildman–Crippen LogP) is 4.15. The molecular weight excluding hydrogens is 262 g/mol. The number of aliphatic hydroxyl groups is 1. The van der Waals surface area contributed by atoms with Crippen molar-refractivity contribution in [1.82, 2.24) is 0 Å². The van der Waals surface area contributed by atoms with Gasteiger partial charge in [0.25, 0.3) is 0 Å². The largest absolute Gasteiger partial charge is 0.496 e. The van der Waals surface area contributed by atoms with Gasteiger partial charge in [-0.15, -0.1) is 0 Å². The van der Waals surface area contributed by atoms with Crippen LogP contribution in [-0.4, -0.2) is 12.2 Å². The first-order chi connectivity index (χ1) is 9.83. The Hall–Kier alpha value is -1.53. The topological polar surface area (TPSA) is 53.2 Å². The Morgan fingerprint density at radius 3 is 2.33 bits per heavy atom. The number of aryl methyl sites for hydroxylation is 1. The van der Waals surface area contributed by atoms with Crippen molar-refractivity contribution in [1.29, 1.82) is 5.26 Å². The van der Waals surface area contributed by atoms with Gasteiger partial charge in [-0.1, -0.05) is 19.9 Å². The molecule has 3 heteroatoms. The van der Waals surface area contributed by atoms with E-state index in [-0.39, 0.29) is 5.41 Å². The van der Waals surface area contributed by atoms with Crippen LogP contribution in [-0.2, 0) is 0 Å². The highest BCUT2D eigenvalue weighted by molar-refractivity contribution is 5.38. The number of nitriles is 1. The Morgan fingerprint density at radius 1 is 1.24 bits per heavy atom. The molecule has 114 valence electrons. The van der Waals surface area contributed by atoms with E-state index in [9.17, 15) is 10.4 Å². The fourth-order valence-electron chi connectivity index (χ4n) is 3.21. The molecule has 0 bridgehead atoms. The molecule has 1 aliphatic carbocycles. The first kappa shape index (κ1) is 15.9. The maximum Gasteiger partial charge on any atom is 0.121 e. The molecule has 3 nitrogen and oxygen atoms in total. The molecular formula is C18H25NO2. The Labute approximate surface area is 127 Å². The molecule has 0 aromatic heterocycles. The van der Waals surface area contributed by atoms with Crippen LogP contribution in [0.3, 0.4) is 0 Å². The molecule has 1 fully saturated rings. The van der Waals surface area contributed by atoms with Crippen molar-refractivity contribution in [3.8, 4) is 11.8 Å². The first-order valence-electron chi connectivity index (χ1n) is 7.57. The Kier molecular flexibility index (Phi) is 4.30. The second kappa shape index (κ2) is 5.69. The summed E-state index contributed by atoms with van der Waals surface area (Å²) >= 11 is 0. The van der Waals surface area contributed by atoms with E-state index in [0.29, 0.717) is 0 Å². The minimum absolute atomic E-state index is 0.274. The predicted molar refractivity (Wildman–Crippen MR) is 83.0 cm³/mol. The molecule has 0 heterocycles. The summed E-state index contributed by atoms with van der Waals surface area (Å²) in [7, 11) is 1.64. The average molecular weight is 287 g/mol. The van der Waals surface area contributed by atoms with E-state index in [1.165, 1.54) is 0 Å². The zero-order valence-corrected chi connectivity index (χ0v) is 13.4. The number of methoxy groups -OCH3 is 1. The molecule has 21 heavy (non-hydrogen) atoms. The van der Waals surface area contributed by atoms with E-state index in [0.717, 1.165) is 42.6 Å². The number of hydrogen-bond acceptors (Lipinski definition) is 3. The van der Waals surface area contributed by atoms with Crippen molar-refractivity contribution in [2.24, 2.45) is 10.8 Å². The summed E-state index contributed by atoms with van der Waals surface area (Å²) in [5.74, 6) is 0.807. The zero-order chi connectivity index (χ0) is 15.7. The van der Waals surface area contributed by atoms with Gasteiger partial charge in [-0.25, -0.2) is 0 Å². The van der Waals surface area contributed by atoms with Crippen molar-refractivity contribution in [2.75, 3.05) is 7.11 Å². The van der Waals surface area contributed by atoms with Crippen molar-refractivity contribution in [3.63, 3.8) is 0 Å². The minimum Gasteiger partial charge on any atom is -0.496 e. The third-order valence-electron chi connectivity index (χ3n) is 4.98. The molecule has 0 saturated heterocycles. The smallest absolute Gasteiger partial charge is 0.121 e. The van der Waals surface area contributed by atoms with E-state index < -0.39 is 11.5 Å². The molecule has 1 aromatic carbocycles. The van der Waals surface area contributed by atoms with Crippen molar-refractivity contribution in [2.45, 2.75) is 52.6 Å². The van der Waals surface area contributed by atoms with Crippen molar-refractivity contribution >= 4 is 0 Å². The van der Waals surface area contributed by atoms with Gasteiger partial charge in [0, 0.05) is 0 Å². The fraction of sp³-hybridized carbons (Fsp3) is 0.611. The number of hydrogen-bond donors (Lipinski definition) is 1. The van der Waals surface area contributed by atoms with Gasteiger partial charge in [0.2, 0.25) is 0 Å². The summed E-state index contributed by atoms with van der Waals surface area (Å²) in [4.78, 5) is 0. The third-order valence-corrected chi connectivity index (χ3v) is 4.98. The molecule has 1 atom stereocenters. The summed E-state index contributed by atoms with van der Waals surface area (Å²) in [6, 6.07) is 8.09. The standard InChI is InChI=1S/C18H25NO2/c1-13-11-14(5-6-15(13)21-4)16(20)18(12-19)9-7-17(2,3)8-10-18/h5-6,11,16,20H,7-10H2,1-4H3. The fourth-order valence-corrected chi connectivity index (χ4v) is 3.21. The SMILES string of the molecule is COc1ccc(C(O)C2(C#N)CCC(C)(C)CC2)cc1C. The Morgan fingerprint density at radius 2 is 1.86 bits per heavy atom. The van der Waals surface area contributed by atoms with Gasteiger partial charge in [0.15, 0.2) is 0 Å². The molecule has 1 N–H and O–H groups in total.